The number of nitrogens with zero attached hydrogens (tertiary/aromatic N) is 3. The standard InChI is InChI=1S/C26H30F2N4O4/c1-25(2,35)15-36-22-12-20-17(13-32(31-20)18-9-7-16(14-33)8-10-18)11-21(22)30-24(34)19-5-4-6-23(29-19)26(3,27)28/h4-6,11-14,16,18,35H,7-10,15H2,1-3H3,(H,30,34). The fraction of sp³-hybridized carbons (Fsp3) is 0.462. The van der Waals surface area contributed by atoms with Crippen molar-refractivity contribution >= 4 is 28.8 Å². The quantitative estimate of drug-likeness (QED) is 0.427. The number of aliphatic hydroxyl groups is 1. The lowest BCUT2D eigenvalue weighted by molar-refractivity contribution is -0.112. The predicted molar refractivity (Wildman–Crippen MR) is 130 cm³/mol. The number of pyridine rings is 1. The molecule has 0 aliphatic heterocycles. The van der Waals surface area contributed by atoms with E-state index in [0.29, 0.717) is 11.2 Å². The second kappa shape index (κ2) is 9.93. The van der Waals surface area contributed by atoms with Gasteiger partial charge in [-0.25, -0.2) is 4.98 Å². The summed E-state index contributed by atoms with van der Waals surface area (Å²) < 4.78 is 35.1. The molecule has 0 atom stereocenters. The summed E-state index contributed by atoms with van der Waals surface area (Å²) in [6.45, 7) is 3.85. The average Bonchev–Trinajstić information content (AvgIpc) is 3.24. The molecule has 1 aromatic carbocycles. The van der Waals surface area contributed by atoms with Crippen molar-refractivity contribution in [2.45, 2.75) is 64.0 Å². The van der Waals surface area contributed by atoms with E-state index in [1.165, 1.54) is 12.1 Å². The minimum atomic E-state index is -3.18. The molecule has 0 unspecified atom stereocenters. The molecular weight excluding hydrogens is 470 g/mol. The number of ether oxygens (including phenoxy) is 1. The second-order valence-electron chi connectivity index (χ2n) is 10.1. The van der Waals surface area contributed by atoms with Crippen LogP contribution in [0.3, 0.4) is 0 Å². The summed E-state index contributed by atoms with van der Waals surface area (Å²) in [5, 5.41) is 18.3. The van der Waals surface area contributed by atoms with E-state index in [2.05, 4.69) is 15.4 Å². The van der Waals surface area contributed by atoms with Gasteiger partial charge in [-0.2, -0.15) is 13.9 Å². The molecule has 192 valence electrons. The summed E-state index contributed by atoms with van der Waals surface area (Å²) in [7, 11) is 0. The van der Waals surface area contributed by atoms with E-state index in [-0.39, 0.29) is 30.0 Å². The molecule has 1 saturated carbocycles. The monoisotopic (exact) mass is 500 g/mol. The molecule has 1 amide bonds. The summed E-state index contributed by atoms with van der Waals surface area (Å²) in [5.74, 6) is -3.48. The number of carbonyl (C=O) groups excluding carboxylic acids is 2. The van der Waals surface area contributed by atoms with Crippen LogP contribution < -0.4 is 10.1 Å². The zero-order chi connectivity index (χ0) is 26.1. The normalized spacial score (nSPS) is 18.7. The predicted octanol–water partition coefficient (Wildman–Crippen LogP) is 4.88. The van der Waals surface area contributed by atoms with Crippen LogP contribution in [0.2, 0.25) is 0 Å². The molecule has 8 nitrogen and oxygen atoms in total. The number of benzene rings is 1. The van der Waals surface area contributed by atoms with E-state index in [0.717, 1.165) is 50.3 Å². The molecule has 4 rings (SSSR count). The third-order valence-electron chi connectivity index (χ3n) is 6.19. The zero-order valence-corrected chi connectivity index (χ0v) is 20.5. The Kier molecular flexibility index (Phi) is 7.08. The van der Waals surface area contributed by atoms with Gasteiger partial charge in [0.2, 0.25) is 0 Å². The Morgan fingerprint density at radius 1 is 1.22 bits per heavy atom. The highest BCUT2D eigenvalue weighted by molar-refractivity contribution is 6.05. The summed E-state index contributed by atoms with van der Waals surface area (Å²) in [5.41, 5.74) is -0.853. The second-order valence-corrected chi connectivity index (χ2v) is 10.1. The minimum absolute atomic E-state index is 0.0480. The number of fused-ring (bicyclic) bond motifs is 1. The number of amides is 1. The molecule has 2 heterocycles. The molecule has 0 saturated heterocycles. The highest BCUT2D eigenvalue weighted by atomic mass is 19.3. The van der Waals surface area contributed by atoms with Gasteiger partial charge in [0.05, 0.1) is 22.8 Å². The first kappa shape index (κ1) is 25.7. The molecule has 1 aliphatic rings. The third kappa shape index (κ3) is 6.04. The molecule has 1 fully saturated rings. The van der Waals surface area contributed by atoms with Crippen molar-refractivity contribution in [2.24, 2.45) is 5.92 Å². The first-order valence-electron chi connectivity index (χ1n) is 11.9. The van der Waals surface area contributed by atoms with Gasteiger partial charge in [-0.3, -0.25) is 9.48 Å². The van der Waals surface area contributed by atoms with Crippen molar-refractivity contribution in [1.82, 2.24) is 14.8 Å². The van der Waals surface area contributed by atoms with E-state index in [9.17, 15) is 23.5 Å². The molecule has 0 bridgehead atoms. The van der Waals surface area contributed by atoms with Crippen LogP contribution in [0.1, 0.15) is 68.7 Å². The molecule has 2 aromatic heterocycles. The molecule has 10 heteroatoms. The molecular formula is C26H30F2N4O4. The van der Waals surface area contributed by atoms with Gasteiger partial charge >= 0.3 is 0 Å². The highest BCUT2D eigenvalue weighted by Crippen LogP contribution is 2.35. The Morgan fingerprint density at radius 2 is 1.94 bits per heavy atom. The van der Waals surface area contributed by atoms with E-state index in [4.69, 9.17) is 4.74 Å². The molecule has 2 N–H and O–H groups in total. The fourth-order valence-corrected chi connectivity index (χ4v) is 4.22. The van der Waals surface area contributed by atoms with Crippen LogP contribution in [0, 0.1) is 5.92 Å². The summed E-state index contributed by atoms with van der Waals surface area (Å²) in [6, 6.07) is 7.41. The summed E-state index contributed by atoms with van der Waals surface area (Å²) >= 11 is 0. The smallest absolute Gasteiger partial charge is 0.287 e. The zero-order valence-electron chi connectivity index (χ0n) is 20.5. The van der Waals surface area contributed by atoms with E-state index in [1.54, 1.807) is 26.0 Å². The lowest BCUT2D eigenvalue weighted by Crippen LogP contribution is -2.28. The van der Waals surface area contributed by atoms with E-state index >= 15 is 0 Å². The topological polar surface area (TPSA) is 106 Å². The first-order valence-corrected chi connectivity index (χ1v) is 11.9. The lowest BCUT2D eigenvalue weighted by atomic mass is 9.87. The highest BCUT2D eigenvalue weighted by Gasteiger charge is 2.27. The number of alkyl halides is 2. The number of hydrogen-bond donors (Lipinski definition) is 2. The van der Waals surface area contributed by atoms with Crippen LogP contribution in [0.25, 0.3) is 10.9 Å². The van der Waals surface area contributed by atoms with Crippen molar-refractivity contribution in [3.8, 4) is 5.75 Å². The number of nitrogens with one attached hydrogen (secondary N) is 1. The molecule has 3 aromatic rings. The van der Waals surface area contributed by atoms with Crippen molar-refractivity contribution in [2.75, 3.05) is 11.9 Å². The minimum Gasteiger partial charge on any atom is -0.488 e. The van der Waals surface area contributed by atoms with Crippen molar-refractivity contribution in [3.05, 3.63) is 47.9 Å². The van der Waals surface area contributed by atoms with Crippen LogP contribution in [-0.4, -0.2) is 44.3 Å². The number of anilines is 1. The Balaban J connectivity index is 1.64. The van der Waals surface area contributed by atoms with Gasteiger partial charge in [0.1, 0.15) is 30.0 Å². The SMILES string of the molecule is CC(C)(O)COc1cc2nn(C3CCC(C=O)CC3)cc2cc1NC(=O)c1cccc(C(C)(F)F)n1. The van der Waals surface area contributed by atoms with Gasteiger partial charge in [-0.15, -0.1) is 0 Å². The van der Waals surface area contributed by atoms with Crippen LogP contribution >= 0.6 is 0 Å². The van der Waals surface area contributed by atoms with Crippen molar-refractivity contribution < 1.29 is 28.2 Å². The van der Waals surface area contributed by atoms with Crippen molar-refractivity contribution in [1.29, 1.82) is 0 Å². The maximum absolute atomic E-state index is 13.7. The Hall–Kier alpha value is -3.40. The maximum Gasteiger partial charge on any atom is 0.287 e. The van der Waals surface area contributed by atoms with Crippen LogP contribution in [0.5, 0.6) is 5.75 Å². The number of halogens is 2. The fourth-order valence-electron chi connectivity index (χ4n) is 4.22. The number of rotatable bonds is 8. The van der Waals surface area contributed by atoms with Crippen LogP contribution in [0.15, 0.2) is 36.5 Å². The Morgan fingerprint density at radius 3 is 2.58 bits per heavy atom. The van der Waals surface area contributed by atoms with Gasteiger partial charge in [-0.1, -0.05) is 6.07 Å². The molecule has 0 radical (unpaired) electrons. The number of carbonyl (C=O) groups is 2. The van der Waals surface area contributed by atoms with E-state index in [1.807, 2.05) is 10.9 Å². The summed E-state index contributed by atoms with van der Waals surface area (Å²) in [6.07, 6.45) is 6.21. The van der Waals surface area contributed by atoms with Gasteiger partial charge in [0.25, 0.3) is 11.8 Å². The largest absolute Gasteiger partial charge is 0.488 e. The average molecular weight is 501 g/mol. The molecule has 1 aliphatic carbocycles. The van der Waals surface area contributed by atoms with Crippen LogP contribution in [0.4, 0.5) is 14.5 Å². The van der Waals surface area contributed by atoms with Crippen LogP contribution in [-0.2, 0) is 10.7 Å². The van der Waals surface area contributed by atoms with Crippen molar-refractivity contribution in [3.63, 3.8) is 0 Å². The summed E-state index contributed by atoms with van der Waals surface area (Å²) in [4.78, 5) is 27.8. The lowest BCUT2D eigenvalue weighted by Gasteiger charge is -2.25. The number of hydrogen-bond acceptors (Lipinski definition) is 6. The first-order chi connectivity index (χ1) is 16.9. The Labute approximate surface area is 207 Å². The van der Waals surface area contributed by atoms with Gasteiger partial charge in [-0.05, 0) is 57.7 Å². The maximum atomic E-state index is 13.7. The molecule has 0 spiro atoms. The van der Waals surface area contributed by atoms with Gasteiger partial charge < -0.3 is 20.0 Å². The molecule has 36 heavy (non-hydrogen) atoms. The van der Waals surface area contributed by atoms with Gasteiger partial charge in [0, 0.05) is 30.5 Å². The van der Waals surface area contributed by atoms with Gasteiger partial charge in [0.15, 0.2) is 0 Å². The number of aromatic nitrogens is 3. The Bertz CT molecular complexity index is 1260. The van der Waals surface area contributed by atoms with E-state index < -0.39 is 23.1 Å². The third-order valence-corrected chi connectivity index (χ3v) is 6.19. The number of aldehydes is 1.